The summed E-state index contributed by atoms with van der Waals surface area (Å²) in [6.45, 7) is 4.61. The number of nitrogens with zero attached hydrogens (tertiary/aromatic N) is 1. The van der Waals surface area contributed by atoms with Crippen LogP contribution in [0, 0.1) is 5.92 Å². The van der Waals surface area contributed by atoms with Crippen LogP contribution >= 0.6 is 0 Å². The lowest BCUT2D eigenvalue weighted by Gasteiger charge is -2.27. The molecular weight excluding hydrogens is 220 g/mol. The van der Waals surface area contributed by atoms with Gasteiger partial charge in [0.05, 0.1) is 0 Å². The van der Waals surface area contributed by atoms with Gasteiger partial charge in [0.15, 0.2) is 0 Å². The van der Waals surface area contributed by atoms with Crippen LogP contribution in [0.25, 0.3) is 0 Å². The molecule has 1 saturated carbocycles. The first-order valence-electron chi connectivity index (χ1n) is 7.43. The Kier molecular flexibility index (Phi) is 5.18. The van der Waals surface area contributed by atoms with Gasteiger partial charge >= 0.3 is 0 Å². The van der Waals surface area contributed by atoms with Gasteiger partial charge in [-0.3, -0.25) is 4.98 Å². The first-order chi connectivity index (χ1) is 8.77. The third-order valence-electron chi connectivity index (χ3n) is 4.33. The first-order valence-corrected chi connectivity index (χ1v) is 7.43. The average molecular weight is 246 g/mol. The van der Waals surface area contributed by atoms with Gasteiger partial charge in [-0.25, -0.2) is 0 Å². The lowest BCUT2D eigenvalue weighted by molar-refractivity contribution is 0.316. The summed E-state index contributed by atoms with van der Waals surface area (Å²) in [6.07, 6.45) is 12.3. The standard InChI is InChI=1S/C16H26N2/c1-13(15-7-5-3-4-6-8-15)18-14(2)16-9-11-17-12-10-16/h9-15,18H,3-8H2,1-2H3/t13-,14?/m1/s1. The van der Waals surface area contributed by atoms with Crippen LogP contribution in [-0.4, -0.2) is 11.0 Å². The highest BCUT2D eigenvalue weighted by molar-refractivity contribution is 5.14. The van der Waals surface area contributed by atoms with Gasteiger partial charge in [-0.2, -0.15) is 0 Å². The molecule has 18 heavy (non-hydrogen) atoms. The van der Waals surface area contributed by atoms with E-state index in [0.717, 1.165) is 5.92 Å². The number of aromatic nitrogens is 1. The van der Waals surface area contributed by atoms with Crippen LogP contribution < -0.4 is 5.32 Å². The van der Waals surface area contributed by atoms with E-state index in [0.29, 0.717) is 12.1 Å². The lowest BCUT2D eigenvalue weighted by atomic mass is 9.92. The van der Waals surface area contributed by atoms with Crippen LogP contribution in [0.2, 0.25) is 0 Å². The van der Waals surface area contributed by atoms with Gasteiger partial charge in [0.1, 0.15) is 0 Å². The Morgan fingerprint density at radius 1 is 1.06 bits per heavy atom. The molecule has 0 aromatic carbocycles. The Bertz CT molecular complexity index is 328. The minimum Gasteiger partial charge on any atom is -0.307 e. The predicted octanol–water partition coefficient (Wildman–Crippen LogP) is 4.09. The summed E-state index contributed by atoms with van der Waals surface area (Å²) < 4.78 is 0. The van der Waals surface area contributed by atoms with E-state index in [-0.39, 0.29) is 0 Å². The monoisotopic (exact) mass is 246 g/mol. The molecule has 1 aromatic heterocycles. The highest BCUT2D eigenvalue weighted by atomic mass is 14.9. The van der Waals surface area contributed by atoms with Crippen LogP contribution in [0.15, 0.2) is 24.5 Å². The van der Waals surface area contributed by atoms with E-state index in [1.54, 1.807) is 0 Å². The summed E-state index contributed by atoms with van der Waals surface area (Å²) >= 11 is 0. The largest absolute Gasteiger partial charge is 0.307 e. The van der Waals surface area contributed by atoms with Gasteiger partial charge in [0.2, 0.25) is 0 Å². The van der Waals surface area contributed by atoms with Gasteiger partial charge in [0.25, 0.3) is 0 Å². The van der Waals surface area contributed by atoms with Crippen molar-refractivity contribution in [3.8, 4) is 0 Å². The average Bonchev–Trinajstić information content (AvgIpc) is 2.68. The van der Waals surface area contributed by atoms with E-state index < -0.39 is 0 Å². The maximum Gasteiger partial charge on any atom is 0.0295 e. The fourth-order valence-electron chi connectivity index (χ4n) is 3.09. The van der Waals surface area contributed by atoms with E-state index in [2.05, 4.69) is 36.3 Å². The van der Waals surface area contributed by atoms with Crippen molar-refractivity contribution >= 4 is 0 Å². The zero-order valence-electron chi connectivity index (χ0n) is 11.7. The van der Waals surface area contributed by atoms with Gasteiger partial charge in [-0.05, 0) is 50.3 Å². The molecule has 1 fully saturated rings. The molecule has 1 aliphatic carbocycles. The van der Waals surface area contributed by atoms with Crippen molar-refractivity contribution in [2.75, 3.05) is 0 Å². The Hall–Kier alpha value is -0.890. The van der Waals surface area contributed by atoms with E-state index in [1.165, 1.54) is 44.1 Å². The normalized spacial score (nSPS) is 21.2. The number of rotatable bonds is 4. The number of pyridine rings is 1. The fourth-order valence-corrected chi connectivity index (χ4v) is 3.09. The van der Waals surface area contributed by atoms with Crippen molar-refractivity contribution in [3.05, 3.63) is 30.1 Å². The van der Waals surface area contributed by atoms with E-state index >= 15 is 0 Å². The van der Waals surface area contributed by atoms with Crippen molar-refractivity contribution in [2.24, 2.45) is 5.92 Å². The van der Waals surface area contributed by atoms with E-state index in [4.69, 9.17) is 0 Å². The van der Waals surface area contributed by atoms with Gasteiger partial charge in [0, 0.05) is 24.5 Å². The lowest BCUT2D eigenvalue weighted by Crippen LogP contribution is -2.35. The van der Waals surface area contributed by atoms with Crippen molar-refractivity contribution in [3.63, 3.8) is 0 Å². The second-order valence-electron chi connectivity index (χ2n) is 5.71. The Morgan fingerprint density at radius 3 is 2.28 bits per heavy atom. The molecule has 2 atom stereocenters. The fraction of sp³-hybridized carbons (Fsp3) is 0.688. The van der Waals surface area contributed by atoms with E-state index in [9.17, 15) is 0 Å². The number of hydrogen-bond acceptors (Lipinski definition) is 2. The molecule has 0 aliphatic heterocycles. The third kappa shape index (κ3) is 3.81. The second-order valence-corrected chi connectivity index (χ2v) is 5.71. The summed E-state index contributed by atoms with van der Waals surface area (Å²) in [5, 5.41) is 3.77. The summed E-state index contributed by atoms with van der Waals surface area (Å²) in [4.78, 5) is 4.08. The number of hydrogen-bond donors (Lipinski definition) is 1. The summed E-state index contributed by atoms with van der Waals surface area (Å²) in [6, 6.07) is 5.26. The molecule has 0 radical (unpaired) electrons. The molecule has 1 aliphatic rings. The van der Waals surface area contributed by atoms with E-state index in [1.807, 2.05) is 12.4 Å². The Labute approximate surface area is 111 Å². The minimum atomic E-state index is 0.422. The van der Waals surface area contributed by atoms with Crippen LogP contribution in [0.3, 0.4) is 0 Å². The first kappa shape index (κ1) is 13.5. The van der Waals surface area contributed by atoms with Gasteiger partial charge in [-0.15, -0.1) is 0 Å². The molecule has 1 N–H and O–H groups in total. The molecule has 1 unspecified atom stereocenters. The molecular formula is C16H26N2. The molecule has 2 nitrogen and oxygen atoms in total. The summed E-state index contributed by atoms with van der Waals surface area (Å²) in [7, 11) is 0. The molecule has 0 amide bonds. The van der Waals surface area contributed by atoms with Crippen LogP contribution in [0.4, 0.5) is 0 Å². The van der Waals surface area contributed by atoms with Gasteiger partial charge in [-0.1, -0.05) is 25.7 Å². The maximum atomic E-state index is 4.08. The van der Waals surface area contributed by atoms with Crippen molar-refractivity contribution < 1.29 is 0 Å². The van der Waals surface area contributed by atoms with Crippen LogP contribution in [0.5, 0.6) is 0 Å². The molecule has 0 saturated heterocycles. The molecule has 100 valence electrons. The second kappa shape index (κ2) is 6.89. The Balaban J connectivity index is 1.88. The van der Waals surface area contributed by atoms with Gasteiger partial charge < -0.3 is 5.32 Å². The van der Waals surface area contributed by atoms with Crippen LogP contribution in [0.1, 0.15) is 64.0 Å². The molecule has 0 spiro atoms. The predicted molar refractivity (Wildman–Crippen MR) is 76.4 cm³/mol. The summed E-state index contributed by atoms with van der Waals surface area (Å²) in [5.41, 5.74) is 1.34. The van der Waals surface area contributed by atoms with Crippen molar-refractivity contribution in [1.82, 2.24) is 10.3 Å². The summed E-state index contributed by atoms with van der Waals surface area (Å²) in [5.74, 6) is 0.858. The zero-order valence-corrected chi connectivity index (χ0v) is 11.7. The van der Waals surface area contributed by atoms with Crippen molar-refractivity contribution in [1.29, 1.82) is 0 Å². The molecule has 1 aromatic rings. The quantitative estimate of drug-likeness (QED) is 0.809. The number of nitrogens with one attached hydrogen (secondary N) is 1. The van der Waals surface area contributed by atoms with Crippen LogP contribution in [-0.2, 0) is 0 Å². The highest BCUT2D eigenvalue weighted by Gasteiger charge is 2.20. The zero-order chi connectivity index (χ0) is 12.8. The topological polar surface area (TPSA) is 24.9 Å². The highest BCUT2D eigenvalue weighted by Crippen LogP contribution is 2.26. The SMILES string of the molecule is CC(N[C@H](C)C1CCCCCC1)c1ccncc1. The van der Waals surface area contributed by atoms with Crippen molar-refractivity contribution in [2.45, 2.75) is 64.5 Å². The third-order valence-corrected chi connectivity index (χ3v) is 4.33. The maximum absolute atomic E-state index is 4.08. The molecule has 0 bridgehead atoms. The molecule has 1 heterocycles. The molecule has 2 rings (SSSR count). The Morgan fingerprint density at radius 2 is 1.67 bits per heavy atom. The minimum absolute atomic E-state index is 0.422. The molecule has 2 heteroatoms. The smallest absolute Gasteiger partial charge is 0.0295 e.